The highest BCUT2D eigenvalue weighted by atomic mass is 14.6. The molecule has 1 heteroatoms. The van der Waals surface area contributed by atoms with Crippen LogP contribution in [0, 0.1) is 0 Å². The van der Waals surface area contributed by atoms with E-state index in [4.69, 9.17) is 0 Å². The summed E-state index contributed by atoms with van der Waals surface area (Å²) in [5.41, 5.74) is 1.45. The van der Waals surface area contributed by atoms with Crippen LogP contribution in [0.1, 0.15) is 31.7 Å². The number of rotatable bonds is 4. The van der Waals surface area contributed by atoms with Crippen molar-refractivity contribution in [3.8, 4) is 0 Å². The molecule has 0 N–H and O–H groups in total. The van der Waals surface area contributed by atoms with Gasteiger partial charge in [0.05, 0.1) is 0 Å². The number of unbranched alkanes of at least 4 members (excludes halogenated alkanes) is 2. The van der Waals surface area contributed by atoms with Gasteiger partial charge in [-0.05, 0) is 29.9 Å². The third-order valence-electron chi connectivity index (χ3n) is 2.77. The number of aryl methyl sites for hydroxylation is 1. The molecule has 1 aromatic heterocycles. The van der Waals surface area contributed by atoms with Crippen LogP contribution < -0.4 is 0 Å². The van der Waals surface area contributed by atoms with Crippen molar-refractivity contribution in [3.63, 3.8) is 0 Å². The van der Waals surface area contributed by atoms with Crippen molar-refractivity contribution in [1.82, 2.24) is 4.98 Å². The molecule has 0 saturated carbocycles. The quantitative estimate of drug-likeness (QED) is 0.679. The SMILES string of the molecule is CCCCCc1ccc2cnccc2c1. The molecule has 0 unspecified atom stereocenters. The maximum Gasteiger partial charge on any atom is 0.0346 e. The molecule has 15 heavy (non-hydrogen) atoms. The first-order valence-electron chi connectivity index (χ1n) is 5.73. The lowest BCUT2D eigenvalue weighted by atomic mass is 10.0. The van der Waals surface area contributed by atoms with Crippen LogP contribution in [0.15, 0.2) is 36.7 Å². The fourth-order valence-corrected chi connectivity index (χ4v) is 1.87. The van der Waals surface area contributed by atoms with E-state index < -0.39 is 0 Å². The van der Waals surface area contributed by atoms with E-state index in [0.29, 0.717) is 0 Å². The molecule has 0 spiro atoms. The van der Waals surface area contributed by atoms with Crippen molar-refractivity contribution in [1.29, 1.82) is 0 Å². The maximum absolute atomic E-state index is 4.12. The van der Waals surface area contributed by atoms with E-state index in [1.165, 1.54) is 42.0 Å². The van der Waals surface area contributed by atoms with E-state index in [1.807, 2.05) is 12.4 Å². The number of aromatic nitrogens is 1. The smallest absolute Gasteiger partial charge is 0.0346 e. The number of hydrogen-bond acceptors (Lipinski definition) is 1. The molecule has 0 aliphatic carbocycles. The van der Waals surface area contributed by atoms with Gasteiger partial charge in [0.25, 0.3) is 0 Å². The molecule has 0 amide bonds. The standard InChI is InChI=1S/C14H17N/c1-2-3-4-5-12-6-7-14-11-15-9-8-13(14)10-12/h6-11H,2-5H2,1H3. The highest BCUT2D eigenvalue weighted by Crippen LogP contribution is 2.16. The minimum Gasteiger partial charge on any atom is -0.264 e. The minimum absolute atomic E-state index is 1.20. The molecule has 0 saturated heterocycles. The van der Waals surface area contributed by atoms with Crippen molar-refractivity contribution >= 4 is 10.8 Å². The van der Waals surface area contributed by atoms with Crippen LogP contribution in [-0.4, -0.2) is 4.98 Å². The molecule has 2 rings (SSSR count). The zero-order chi connectivity index (χ0) is 10.5. The number of hydrogen-bond donors (Lipinski definition) is 0. The van der Waals surface area contributed by atoms with Gasteiger partial charge in [-0.3, -0.25) is 4.98 Å². The summed E-state index contributed by atoms with van der Waals surface area (Å²) in [6.07, 6.45) is 8.90. The molecule has 1 aromatic carbocycles. The summed E-state index contributed by atoms with van der Waals surface area (Å²) in [4.78, 5) is 4.12. The normalized spacial score (nSPS) is 10.7. The van der Waals surface area contributed by atoms with Crippen LogP contribution in [0.2, 0.25) is 0 Å². The second-order valence-electron chi connectivity index (χ2n) is 4.01. The third kappa shape index (κ3) is 2.56. The molecule has 0 bridgehead atoms. The van der Waals surface area contributed by atoms with Crippen LogP contribution in [0.25, 0.3) is 10.8 Å². The fourth-order valence-electron chi connectivity index (χ4n) is 1.87. The number of nitrogens with zero attached hydrogens (tertiary/aromatic N) is 1. The van der Waals surface area contributed by atoms with Crippen molar-refractivity contribution in [2.24, 2.45) is 0 Å². The Labute approximate surface area is 91.2 Å². The first-order valence-corrected chi connectivity index (χ1v) is 5.73. The number of benzene rings is 1. The Bertz CT molecular complexity index is 434. The lowest BCUT2D eigenvalue weighted by Crippen LogP contribution is -1.85. The molecule has 0 aliphatic rings. The molecular weight excluding hydrogens is 182 g/mol. The predicted octanol–water partition coefficient (Wildman–Crippen LogP) is 3.97. The van der Waals surface area contributed by atoms with Crippen LogP contribution in [0.5, 0.6) is 0 Å². The molecule has 0 aliphatic heterocycles. The predicted molar refractivity (Wildman–Crippen MR) is 65.0 cm³/mol. The highest BCUT2D eigenvalue weighted by Gasteiger charge is 1.96. The Hall–Kier alpha value is -1.37. The zero-order valence-electron chi connectivity index (χ0n) is 9.24. The van der Waals surface area contributed by atoms with Crippen LogP contribution >= 0.6 is 0 Å². The summed E-state index contributed by atoms with van der Waals surface area (Å²) in [5.74, 6) is 0. The minimum atomic E-state index is 1.20. The van der Waals surface area contributed by atoms with Gasteiger partial charge in [0, 0.05) is 17.8 Å². The van der Waals surface area contributed by atoms with Gasteiger partial charge in [0.1, 0.15) is 0 Å². The lowest BCUT2D eigenvalue weighted by Gasteiger charge is -2.02. The van der Waals surface area contributed by atoms with E-state index in [1.54, 1.807) is 0 Å². The second kappa shape index (κ2) is 4.92. The third-order valence-corrected chi connectivity index (χ3v) is 2.77. The van der Waals surface area contributed by atoms with Crippen LogP contribution in [-0.2, 0) is 6.42 Å². The van der Waals surface area contributed by atoms with Crippen LogP contribution in [0.4, 0.5) is 0 Å². The van der Waals surface area contributed by atoms with Crippen molar-refractivity contribution in [2.75, 3.05) is 0 Å². The largest absolute Gasteiger partial charge is 0.264 e. The summed E-state index contributed by atoms with van der Waals surface area (Å²) in [7, 11) is 0. The number of fused-ring (bicyclic) bond motifs is 1. The molecule has 0 fully saturated rings. The van der Waals surface area contributed by atoms with E-state index >= 15 is 0 Å². The Balaban J connectivity index is 2.16. The molecule has 0 radical (unpaired) electrons. The summed E-state index contributed by atoms with van der Waals surface area (Å²) >= 11 is 0. The molecule has 1 nitrogen and oxygen atoms in total. The van der Waals surface area contributed by atoms with Crippen molar-refractivity contribution < 1.29 is 0 Å². The summed E-state index contributed by atoms with van der Waals surface area (Å²) in [6, 6.07) is 8.76. The molecule has 0 atom stereocenters. The van der Waals surface area contributed by atoms with Gasteiger partial charge in [0.2, 0.25) is 0 Å². The zero-order valence-corrected chi connectivity index (χ0v) is 9.24. The van der Waals surface area contributed by atoms with Gasteiger partial charge in [-0.1, -0.05) is 38.0 Å². The summed E-state index contributed by atoms with van der Waals surface area (Å²) in [5, 5.41) is 2.54. The van der Waals surface area contributed by atoms with Gasteiger partial charge < -0.3 is 0 Å². The Morgan fingerprint density at radius 2 is 2.00 bits per heavy atom. The second-order valence-corrected chi connectivity index (χ2v) is 4.01. The topological polar surface area (TPSA) is 12.9 Å². The Morgan fingerprint density at radius 3 is 2.87 bits per heavy atom. The van der Waals surface area contributed by atoms with Gasteiger partial charge in [-0.15, -0.1) is 0 Å². The van der Waals surface area contributed by atoms with Gasteiger partial charge >= 0.3 is 0 Å². The first kappa shape index (κ1) is 10.2. The van der Waals surface area contributed by atoms with Gasteiger partial charge in [-0.2, -0.15) is 0 Å². The summed E-state index contributed by atoms with van der Waals surface area (Å²) < 4.78 is 0. The van der Waals surface area contributed by atoms with E-state index in [2.05, 4.69) is 36.2 Å². The van der Waals surface area contributed by atoms with Gasteiger partial charge in [0.15, 0.2) is 0 Å². The lowest BCUT2D eigenvalue weighted by molar-refractivity contribution is 0.718. The average Bonchev–Trinajstić information content (AvgIpc) is 2.29. The van der Waals surface area contributed by atoms with Gasteiger partial charge in [-0.25, -0.2) is 0 Å². The summed E-state index contributed by atoms with van der Waals surface area (Å²) in [6.45, 7) is 2.24. The monoisotopic (exact) mass is 199 g/mol. The maximum atomic E-state index is 4.12. The van der Waals surface area contributed by atoms with Crippen molar-refractivity contribution in [3.05, 3.63) is 42.2 Å². The molecule has 78 valence electrons. The van der Waals surface area contributed by atoms with E-state index in [9.17, 15) is 0 Å². The molecule has 1 heterocycles. The Morgan fingerprint density at radius 1 is 1.07 bits per heavy atom. The molecular formula is C14H17N. The molecule has 2 aromatic rings. The van der Waals surface area contributed by atoms with E-state index in [0.717, 1.165) is 0 Å². The van der Waals surface area contributed by atoms with Crippen molar-refractivity contribution in [2.45, 2.75) is 32.6 Å². The number of pyridine rings is 1. The van der Waals surface area contributed by atoms with Crippen LogP contribution in [0.3, 0.4) is 0 Å². The fraction of sp³-hybridized carbons (Fsp3) is 0.357. The average molecular weight is 199 g/mol. The Kier molecular flexibility index (Phi) is 3.33. The first-order chi connectivity index (χ1) is 7.40. The highest BCUT2D eigenvalue weighted by molar-refractivity contribution is 5.81. The van der Waals surface area contributed by atoms with E-state index in [-0.39, 0.29) is 0 Å².